The number of carbonyl (C=O) groups is 2. The summed E-state index contributed by atoms with van der Waals surface area (Å²) in [6, 6.07) is 7.28. The van der Waals surface area contributed by atoms with Crippen LogP contribution in [0.2, 0.25) is 0 Å². The molecular formula is C20H31N3O2. The molecule has 2 rings (SSSR count). The van der Waals surface area contributed by atoms with E-state index >= 15 is 0 Å². The summed E-state index contributed by atoms with van der Waals surface area (Å²) in [6.45, 7) is 9.45. The molecule has 0 saturated carbocycles. The predicted molar refractivity (Wildman–Crippen MR) is 102 cm³/mol. The highest BCUT2D eigenvalue weighted by atomic mass is 16.2. The smallest absolute Gasteiger partial charge is 0.255 e. The number of amides is 2. The van der Waals surface area contributed by atoms with Gasteiger partial charge in [0.1, 0.15) is 0 Å². The number of hydrogen-bond acceptors (Lipinski definition) is 3. The van der Waals surface area contributed by atoms with Crippen LogP contribution in [0, 0.1) is 11.8 Å². The van der Waals surface area contributed by atoms with Crippen LogP contribution in [0.3, 0.4) is 0 Å². The summed E-state index contributed by atoms with van der Waals surface area (Å²) in [6.07, 6.45) is 2.84. The van der Waals surface area contributed by atoms with Crippen molar-refractivity contribution < 1.29 is 9.59 Å². The van der Waals surface area contributed by atoms with Gasteiger partial charge < -0.3 is 15.5 Å². The molecule has 1 aliphatic rings. The van der Waals surface area contributed by atoms with Crippen molar-refractivity contribution in [1.29, 1.82) is 0 Å². The Morgan fingerprint density at radius 2 is 2.00 bits per heavy atom. The van der Waals surface area contributed by atoms with Crippen LogP contribution in [-0.4, -0.2) is 42.9 Å². The van der Waals surface area contributed by atoms with Crippen molar-refractivity contribution >= 4 is 17.5 Å². The second-order valence-electron chi connectivity index (χ2n) is 6.86. The summed E-state index contributed by atoms with van der Waals surface area (Å²) in [5.74, 6) is 0.828. The lowest BCUT2D eigenvalue weighted by Crippen LogP contribution is -2.34. The molecule has 1 fully saturated rings. The van der Waals surface area contributed by atoms with Crippen LogP contribution in [0.5, 0.6) is 0 Å². The molecule has 0 aliphatic carbocycles. The number of piperidine rings is 1. The number of hydrogen-bond donors (Lipinski definition) is 2. The predicted octanol–water partition coefficient (Wildman–Crippen LogP) is 3.13. The zero-order chi connectivity index (χ0) is 18.2. The fourth-order valence-electron chi connectivity index (χ4n) is 3.48. The minimum Gasteiger partial charge on any atom is -0.339 e. The highest BCUT2D eigenvalue weighted by Crippen LogP contribution is 2.24. The van der Waals surface area contributed by atoms with Crippen molar-refractivity contribution in [2.45, 2.75) is 40.0 Å². The van der Waals surface area contributed by atoms with Crippen molar-refractivity contribution in [3.63, 3.8) is 0 Å². The van der Waals surface area contributed by atoms with Gasteiger partial charge in [-0.25, -0.2) is 0 Å². The molecule has 138 valence electrons. The number of nitrogens with zero attached hydrogens (tertiary/aromatic N) is 1. The van der Waals surface area contributed by atoms with Crippen LogP contribution in [-0.2, 0) is 4.79 Å². The van der Waals surface area contributed by atoms with Gasteiger partial charge in [-0.05, 0) is 63.7 Å². The van der Waals surface area contributed by atoms with E-state index in [-0.39, 0.29) is 11.8 Å². The largest absolute Gasteiger partial charge is 0.339 e. The van der Waals surface area contributed by atoms with E-state index in [0.717, 1.165) is 13.1 Å². The summed E-state index contributed by atoms with van der Waals surface area (Å²) < 4.78 is 0. The lowest BCUT2D eigenvalue weighted by Gasteiger charge is -2.28. The Hall–Kier alpha value is -1.88. The standard InChI is InChI=1S/C20H31N3O2/c1-4-23(5-2)20(25)17-10-6-7-11-18(17)22-19(24)13-15(3)16-9-8-12-21-14-16/h6-7,10-11,15-16,21H,4-5,8-9,12-14H2,1-3H3,(H,22,24). The minimum atomic E-state index is -0.0366. The lowest BCUT2D eigenvalue weighted by molar-refractivity contribution is -0.117. The molecule has 5 nitrogen and oxygen atoms in total. The topological polar surface area (TPSA) is 61.4 Å². The zero-order valence-corrected chi connectivity index (χ0v) is 15.7. The third-order valence-electron chi connectivity index (χ3n) is 5.13. The van der Waals surface area contributed by atoms with E-state index in [0.29, 0.717) is 42.6 Å². The molecule has 1 heterocycles. The van der Waals surface area contributed by atoms with Crippen molar-refractivity contribution in [2.24, 2.45) is 11.8 Å². The van der Waals surface area contributed by atoms with Gasteiger partial charge in [0.15, 0.2) is 0 Å². The van der Waals surface area contributed by atoms with Gasteiger partial charge in [-0.15, -0.1) is 0 Å². The maximum absolute atomic E-state index is 12.6. The number of benzene rings is 1. The van der Waals surface area contributed by atoms with Crippen molar-refractivity contribution in [1.82, 2.24) is 10.2 Å². The maximum atomic E-state index is 12.6. The fraction of sp³-hybridized carbons (Fsp3) is 0.600. The second-order valence-corrected chi connectivity index (χ2v) is 6.86. The average Bonchev–Trinajstić information content (AvgIpc) is 2.63. The van der Waals surface area contributed by atoms with Crippen LogP contribution < -0.4 is 10.6 Å². The summed E-state index contributed by atoms with van der Waals surface area (Å²) >= 11 is 0. The SMILES string of the molecule is CCN(CC)C(=O)c1ccccc1NC(=O)CC(C)C1CCCNC1. The highest BCUT2D eigenvalue weighted by molar-refractivity contribution is 6.03. The van der Waals surface area contributed by atoms with Crippen LogP contribution in [0.25, 0.3) is 0 Å². The third kappa shape index (κ3) is 5.30. The van der Waals surface area contributed by atoms with Gasteiger partial charge >= 0.3 is 0 Å². The Kier molecular flexibility index (Phi) is 7.44. The Morgan fingerprint density at radius 1 is 1.28 bits per heavy atom. The number of carbonyl (C=O) groups excluding carboxylic acids is 2. The molecule has 1 saturated heterocycles. The molecule has 5 heteroatoms. The molecular weight excluding hydrogens is 314 g/mol. The Balaban J connectivity index is 2.01. The summed E-state index contributed by atoms with van der Waals surface area (Å²) in [5.41, 5.74) is 1.17. The monoisotopic (exact) mass is 345 g/mol. The average molecular weight is 345 g/mol. The number of para-hydroxylation sites is 1. The maximum Gasteiger partial charge on any atom is 0.255 e. The van der Waals surface area contributed by atoms with Gasteiger partial charge in [0.25, 0.3) is 5.91 Å². The van der Waals surface area contributed by atoms with E-state index in [9.17, 15) is 9.59 Å². The Labute approximate surface area is 151 Å². The van der Waals surface area contributed by atoms with Gasteiger partial charge in [-0.1, -0.05) is 19.1 Å². The lowest BCUT2D eigenvalue weighted by atomic mass is 9.85. The first-order valence-electron chi connectivity index (χ1n) is 9.45. The van der Waals surface area contributed by atoms with E-state index in [4.69, 9.17) is 0 Å². The molecule has 0 aromatic heterocycles. The van der Waals surface area contributed by atoms with E-state index < -0.39 is 0 Å². The van der Waals surface area contributed by atoms with Crippen LogP contribution in [0.1, 0.15) is 50.4 Å². The summed E-state index contributed by atoms with van der Waals surface area (Å²) in [4.78, 5) is 26.9. The molecule has 25 heavy (non-hydrogen) atoms. The molecule has 1 aliphatic heterocycles. The summed E-state index contributed by atoms with van der Waals surface area (Å²) in [7, 11) is 0. The van der Waals surface area contributed by atoms with Gasteiger partial charge in [-0.3, -0.25) is 9.59 Å². The zero-order valence-electron chi connectivity index (χ0n) is 15.7. The van der Waals surface area contributed by atoms with Crippen molar-refractivity contribution in [3.8, 4) is 0 Å². The van der Waals surface area contributed by atoms with Gasteiger partial charge in [0.2, 0.25) is 5.91 Å². The van der Waals surface area contributed by atoms with Gasteiger partial charge in [0, 0.05) is 19.5 Å². The third-order valence-corrected chi connectivity index (χ3v) is 5.13. The quantitative estimate of drug-likeness (QED) is 0.798. The van der Waals surface area contributed by atoms with Crippen LogP contribution in [0.15, 0.2) is 24.3 Å². The summed E-state index contributed by atoms with van der Waals surface area (Å²) in [5, 5.41) is 6.36. The van der Waals surface area contributed by atoms with E-state index in [1.54, 1.807) is 11.0 Å². The van der Waals surface area contributed by atoms with Crippen LogP contribution >= 0.6 is 0 Å². The molecule has 2 unspecified atom stereocenters. The first-order valence-corrected chi connectivity index (χ1v) is 9.45. The second kappa shape index (κ2) is 9.56. The van der Waals surface area contributed by atoms with E-state index in [2.05, 4.69) is 17.6 Å². The van der Waals surface area contributed by atoms with Gasteiger partial charge in [0.05, 0.1) is 11.3 Å². The van der Waals surface area contributed by atoms with E-state index in [1.165, 1.54) is 12.8 Å². The molecule has 0 radical (unpaired) electrons. The molecule has 1 aromatic rings. The number of nitrogens with one attached hydrogen (secondary N) is 2. The number of rotatable bonds is 7. The molecule has 2 N–H and O–H groups in total. The fourth-order valence-corrected chi connectivity index (χ4v) is 3.48. The van der Waals surface area contributed by atoms with Crippen molar-refractivity contribution in [3.05, 3.63) is 29.8 Å². The first kappa shape index (κ1) is 19.4. The molecule has 0 spiro atoms. The molecule has 1 aromatic carbocycles. The van der Waals surface area contributed by atoms with Crippen molar-refractivity contribution in [2.75, 3.05) is 31.5 Å². The first-order chi connectivity index (χ1) is 12.1. The Bertz CT molecular complexity index is 578. The number of anilines is 1. The van der Waals surface area contributed by atoms with Crippen LogP contribution in [0.4, 0.5) is 5.69 Å². The molecule has 2 atom stereocenters. The molecule has 0 bridgehead atoms. The molecule has 2 amide bonds. The van der Waals surface area contributed by atoms with E-state index in [1.807, 2.05) is 32.0 Å². The highest BCUT2D eigenvalue weighted by Gasteiger charge is 2.23. The Morgan fingerprint density at radius 3 is 2.64 bits per heavy atom. The minimum absolute atomic E-state index is 0.0159. The van der Waals surface area contributed by atoms with Gasteiger partial charge in [-0.2, -0.15) is 0 Å². The normalized spacial score (nSPS) is 18.4.